The highest BCUT2D eigenvalue weighted by atomic mass is 16.5. The molecule has 0 aliphatic carbocycles. The molecule has 0 saturated heterocycles. The fourth-order valence-electron chi connectivity index (χ4n) is 2.26. The zero-order valence-corrected chi connectivity index (χ0v) is 11.1. The van der Waals surface area contributed by atoms with E-state index in [1.54, 1.807) is 19.2 Å². The van der Waals surface area contributed by atoms with E-state index >= 15 is 0 Å². The van der Waals surface area contributed by atoms with Gasteiger partial charge < -0.3 is 14.7 Å². The molecule has 0 aromatic heterocycles. The van der Waals surface area contributed by atoms with Crippen LogP contribution >= 0.6 is 0 Å². The number of benzene rings is 1. The third kappa shape index (κ3) is 1.66. The Labute approximate surface area is 111 Å². The molecule has 1 atom stereocenters. The summed E-state index contributed by atoms with van der Waals surface area (Å²) in [5.41, 5.74) is -0.545. The molecule has 0 saturated carbocycles. The number of methoxy groups -OCH3 is 1. The van der Waals surface area contributed by atoms with E-state index < -0.39 is 17.5 Å². The maximum absolute atomic E-state index is 12.3. The number of aliphatic hydroxyl groups is 1. The normalized spacial score (nSPS) is 21.3. The number of ether oxygens (including phenoxy) is 1. The van der Waals surface area contributed by atoms with Crippen molar-refractivity contribution in [1.82, 2.24) is 0 Å². The Morgan fingerprint density at radius 3 is 2.68 bits per heavy atom. The fourth-order valence-corrected chi connectivity index (χ4v) is 2.26. The number of rotatable bonds is 2. The van der Waals surface area contributed by atoms with Crippen molar-refractivity contribution in [3.63, 3.8) is 0 Å². The van der Waals surface area contributed by atoms with Crippen LogP contribution in [0.3, 0.4) is 0 Å². The van der Waals surface area contributed by atoms with Crippen molar-refractivity contribution < 1.29 is 19.4 Å². The van der Waals surface area contributed by atoms with Crippen LogP contribution in [0.4, 0.5) is 5.69 Å². The second-order valence-corrected chi connectivity index (χ2v) is 4.57. The molecule has 1 aromatic carbocycles. The van der Waals surface area contributed by atoms with E-state index in [1.807, 2.05) is 13.0 Å². The molecular weight excluding hydrogens is 246 g/mol. The Kier molecular flexibility index (Phi) is 2.94. The zero-order chi connectivity index (χ0) is 14.4. The lowest BCUT2D eigenvalue weighted by molar-refractivity contribution is -0.144. The minimum atomic E-state index is -2.05. The number of esters is 1. The summed E-state index contributed by atoms with van der Waals surface area (Å²) in [6, 6.07) is 5.23. The number of amides is 1. The van der Waals surface area contributed by atoms with Gasteiger partial charge in [-0.1, -0.05) is 24.3 Å². The highest BCUT2D eigenvalue weighted by Gasteiger charge is 2.52. The van der Waals surface area contributed by atoms with Gasteiger partial charge in [-0.2, -0.15) is 0 Å². The van der Waals surface area contributed by atoms with Crippen LogP contribution in [0.2, 0.25) is 0 Å². The summed E-state index contributed by atoms with van der Waals surface area (Å²) in [5.74, 6) is -1.41. The topological polar surface area (TPSA) is 66.8 Å². The van der Waals surface area contributed by atoms with E-state index in [1.165, 1.54) is 12.0 Å². The highest BCUT2D eigenvalue weighted by Crippen LogP contribution is 2.43. The quantitative estimate of drug-likeness (QED) is 0.634. The fraction of sp³-hybridized carbons (Fsp3) is 0.286. The molecule has 5 nitrogen and oxygen atoms in total. The number of anilines is 1. The standard InChI is InChI=1S/C14H15NO4/c1-8-5-6-11-10(7-8)14(18,13(17)15(11)3)9(2)12(16)19-4/h5-7,18H,2H2,1,3-4H3/t14-/m0/s1. The van der Waals surface area contributed by atoms with Gasteiger partial charge in [0.15, 0.2) is 0 Å². The lowest BCUT2D eigenvalue weighted by Crippen LogP contribution is -2.42. The average molecular weight is 261 g/mol. The number of carbonyl (C=O) groups is 2. The van der Waals surface area contributed by atoms with Gasteiger partial charge in [0.05, 0.1) is 18.4 Å². The zero-order valence-electron chi connectivity index (χ0n) is 11.1. The first-order valence-electron chi connectivity index (χ1n) is 5.73. The molecule has 0 fully saturated rings. The minimum Gasteiger partial charge on any atom is -0.466 e. The van der Waals surface area contributed by atoms with Crippen LogP contribution in [0.1, 0.15) is 11.1 Å². The Morgan fingerprint density at radius 1 is 1.47 bits per heavy atom. The summed E-state index contributed by atoms with van der Waals surface area (Å²) in [6.07, 6.45) is 0. The molecule has 1 aliphatic rings. The monoisotopic (exact) mass is 261 g/mol. The van der Waals surface area contributed by atoms with Gasteiger partial charge in [0, 0.05) is 12.6 Å². The van der Waals surface area contributed by atoms with Crippen molar-refractivity contribution in [2.45, 2.75) is 12.5 Å². The van der Waals surface area contributed by atoms with Crippen molar-refractivity contribution in [3.05, 3.63) is 41.5 Å². The van der Waals surface area contributed by atoms with E-state index in [0.29, 0.717) is 11.3 Å². The molecule has 1 aliphatic heterocycles. The third-order valence-corrected chi connectivity index (χ3v) is 3.39. The number of carbonyl (C=O) groups excluding carboxylic acids is 2. The average Bonchev–Trinajstić information content (AvgIpc) is 2.60. The molecule has 0 bridgehead atoms. The van der Waals surface area contributed by atoms with Gasteiger partial charge in [0.1, 0.15) is 0 Å². The number of fused-ring (bicyclic) bond motifs is 1. The molecule has 5 heteroatoms. The Hall–Kier alpha value is -2.14. The third-order valence-electron chi connectivity index (χ3n) is 3.39. The van der Waals surface area contributed by atoms with Crippen LogP contribution in [-0.4, -0.2) is 31.1 Å². The van der Waals surface area contributed by atoms with Crippen molar-refractivity contribution in [1.29, 1.82) is 0 Å². The second kappa shape index (κ2) is 4.20. The van der Waals surface area contributed by atoms with E-state index in [2.05, 4.69) is 11.3 Å². The molecule has 1 amide bonds. The largest absolute Gasteiger partial charge is 0.466 e. The van der Waals surface area contributed by atoms with Gasteiger partial charge in [-0.25, -0.2) is 4.79 Å². The smallest absolute Gasteiger partial charge is 0.336 e. The molecule has 0 radical (unpaired) electrons. The van der Waals surface area contributed by atoms with Crippen molar-refractivity contribution in [3.8, 4) is 0 Å². The maximum atomic E-state index is 12.3. The minimum absolute atomic E-state index is 0.281. The predicted octanol–water partition coefficient (Wildman–Crippen LogP) is 0.888. The number of likely N-dealkylation sites (N-methyl/N-ethyl adjacent to an activating group) is 1. The van der Waals surface area contributed by atoms with Gasteiger partial charge in [-0.05, 0) is 13.0 Å². The lowest BCUT2D eigenvalue weighted by atomic mass is 9.87. The van der Waals surface area contributed by atoms with Crippen LogP contribution in [0.15, 0.2) is 30.4 Å². The molecule has 19 heavy (non-hydrogen) atoms. The van der Waals surface area contributed by atoms with Crippen LogP contribution in [-0.2, 0) is 19.9 Å². The van der Waals surface area contributed by atoms with Crippen LogP contribution in [0.5, 0.6) is 0 Å². The van der Waals surface area contributed by atoms with Crippen LogP contribution in [0, 0.1) is 6.92 Å². The molecule has 100 valence electrons. The summed E-state index contributed by atoms with van der Waals surface area (Å²) >= 11 is 0. The Balaban J connectivity index is 2.65. The molecule has 1 N–H and O–H groups in total. The first-order chi connectivity index (χ1) is 8.83. The summed E-state index contributed by atoms with van der Waals surface area (Å²) in [5, 5.41) is 10.7. The van der Waals surface area contributed by atoms with E-state index in [4.69, 9.17) is 0 Å². The Bertz CT molecular complexity index is 593. The summed E-state index contributed by atoms with van der Waals surface area (Å²) in [4.78, 5) is 25.2. The van der Waals surface area contributed by atoms with Gasteiger partial charge in [0.25, 0.3) is 5.91 Å². The number of hydrogen-bond donors (Lipinski definition) is 1. The van der Waals surface area contributed by atoms with E-state index in [0.717, 1.165) is 5.56 Å². The summed E-state index contributed by atoms with van der Waals surface area (Å²) in [7, 11) is 2.72. The Morgan fingerprint density at radius 2 is 2.11 bits per heavy atom. The highest BCUT2D eigenvalue weighted by molar-refractivity contribution is 6.13. The first kappa shape index (κ1) is 13.3. The second-order valence-electron chi connectivity index (χ2n) is 4.57. The molecule has 2 rings (SSSR count). The summed E-state index contributed by atoms with van der Waals surface area (Å²) < 4.78 is 4.55. The van der Waals surface area contributed by atoms with E-state index in [9.17, 15) is 14.7 Å². The number of nitrogens with zero attached hydrogens (tertiary/aromatic N) is 1. The van der Waals surface area contributed by atoms with Gasteiger partial charge in [-0.3, -0.25) is 4.79 Å². The van der Waals surface area contributed by atoms with Crippen molar-refractivity contribution in [2.24, 2.45) is 0 Å². The van der Waals surface area contributed by atoms with Crippen LogP contribution in [0.25, 0.3) is 0 Å². The van der Waals surface area contributed by atoms with Crippen LogP contribution < -0.4 is 4.90 Å². The first-order valence-corrected chi connectivity index (χ1v) is 5.73. The molecule has 1 heterocycles. The maximum Gasteiger partial charge on any atom is 0.336 e. The SMILES string of the molecule is C=C(C(=O)OC)[C@@]1(O)C(=O)N(C)c2ccc(C)cc21. The number of hydrogen-bond acceptors (Lipinski definition) is 4. The predicted molar refractivity (Wildman–Crippen MR) is 69.6 cm³/mol. The van der Waals surface area contributed by atoms with Gasteiger partial charge in [0.2, 0.25) is 5.60 Å². The van der Waals surface area contributed by atoms with Crippen molar-refractivity contribution >= 4 is 17.6 Å². The lowest BCUT2D eigenvalue weighted by Gasteiger charge is -2.22. The van der Waals surface area contributed by atoms with E-state index in [-0.39, 0.29) is 5.57 Å². The van der Waals surface area contributed by atoms with Gasteiger partial charge >= 0.3 is 5.97 Å². The summed E-state index contributed by atoms with van der Waals surface area (Å²) in [6.45, 7) is 5.36. The van der Waals surface area contributed by atoms with Gasteiger partial charge in [-0.15, -0.1) is 0 Å². The molecule has 1 aromatic rings. The van der Waals surface area contributed by atoms with Crippen molar-refractivity contribution in [2.75, 3.05) is 19.1 Å². The number of aryl methyl sites for hydroxylation is 1. The molecule has 0 spiro atoms. The molecular formula is C14H15NO4. The molecule has 0 unspecified atom stereocenters.